The number of hydrogen-bond donors (Lipinski definition) is 2. The molecular formula is C11H17BrN2O. The van der Waals surface area contributed by atoms with Gasteiger partial charge in [-0.15, -0.1) is 0 Å². The number of rotatable bonds is 4. The zero-order chi connectivity index (χ0) is 11.5. The third kappa shape index (κ3) is 3.47. The Morgan fingerprint density at radius 2 is 2.20 bits per heavy atom. The van der Waals surface area contributed by atoms with Crippen LogP contribution in [0.3, 0.4) is 0 Å². The molecule has 1 heterocycles. The van der Waals surface area contributed by atoms with E-state index in [9.17, 15) is 0 Å². The molecule has 0 unspecified atom stereocenters. The molecule has 15 heavy (non-hydrogen) atoms. The summed E-state index contributed by atoms with van der Waals surface area (Å²) >= 11 is 3.50. The van der Waals surface area contributed by atoms with E-state index < -0.39 is 0 Å². The molecule has 4 heteroatoms. The first-order valence-corrected chi connectivity index (χ1v) is 5.76. The van der Waals surface area contributed by atoms with Crippen molar-refractivity contribution in [3.63, 3.8) is 0 Å². The van der Waals surface area contributed by atoms with E-state index in [4.69, 9.17) is 5.11 Å². The molecule has 3 nitrogen and oxygen atoms in total. The van der Waals surface area contributed by atoms with Crippen LogP contribution in [0.4, 0.5) is 5.82 Å². The Hall–Kier alpha value is -0.610. The zero-order valence-electron chi connectivity index (χ0n) is 9.34. The molecule has 0 aromatic carbocycles. The second kappa shape index (κ2) is 4.94. The van der Waals surface area contributed by atoms with E-state index in [-0.39, 0.29) is 12.1 Å². The molecular weight excluding hydrogens is 256 g/mol. The molecule has 0 fully saturated rings. The van der Waals surface area contributed by atoms with Crippen LogP contribution < -0.4 is 5.32 Å². The van der Waals surface area contributed by atoms with Crippen molar-refractivity contribution >= 4 is 21.7 Å². The molecule has 0 radical (unpaired) electrons. The van der Waals surface area contributed by atoms with E-state index >= 15 is 0 Å². The van der Waals surface area contributed by atoms with Crippen LogP contribution in [-0.2, 0) is 0 Å². The van der Waals surface area contributed by atoms with Crippen LogP contribution in [0.25, 0.3) is 0 Å². The second-order valence-electron chi connectivity index (χ2n) is 4.27. The lowest BCUT2D eigenvalue weighted by atomic mass is 10.0. The van der Waals surface area contributed by atoms with Crippen LogP contribution in [0, 0.1) is 6.92 Å². The molecule has 84 valence electrons. The molecule has 0 aliphatic rings. The Labute approximate surface area is 99.1 Å². The van der Waals surface area contributed by atoms with Gasteiger partial charge in [-0.25, -0.2) is 4.98 Å². The second-order valence-corrected chi connectivity index (χ2v) is 5.07. The van der Waals surface area contributed by atoms with Crippen LogP contribution in [0.5, 0.6) is 0 Å². The number of anilines is 1. The first-order valence-electron chi connectivity index (χ1n) is 4.96. The molecule has 0 atom stereocenters. The molecule has 0 saturated carbocycles. The summed E-state index contributed by atoms with van der Waals surface area (Å²) in [6, 6.07) is 1.95. The number of aliphatic hydroxyl groups excluding tert-OH is 1. The molecule has 1 aromatic heterocycles. The van der Waals surface area contributed by atoms with Crippen LogP contribution in [0.1, 0.15) is 25.8 Å². The zero-order valence-corrected chi connectivity index (χ0v) is 10.9. The van der Waals surface area contributed by atoms with E-state index in [1.54, 1.807) is 6.20 Å². The number of aliphatic hydroxyl groups is 1. The van der Waals surface area contributed by atoms with E-state index in [1.165, 1.54) is 0 Å². The minimum Gasteiger partial charge on any atom is -0.396 e. The van der Waals surface area contributed by atoms with Gasteiger partial charge in [0.2, 0.25) is 0 Å². The lowest BCUT2D eigenvalue weighted by Gasteiger charge is -2.26. The van der Waals surface area contributed by atoms with Gasteiger partial charge in [0.25, 0.3) is 0 Å². The van der Waals surface area contributed by atoms with Crippen molar-refractivity contribution in [1.29, 1.82) is 0 Å². The van der Waals surface area contributed by atoms with Gasteiger partial charge in [-0.3, -0.25) is 0 Å². The van der Waals surface area contributed by atoms with Gasteiger partial charge in [0.15, 0.2) is 0 Å². The Morgan fingerprint density at radius 1 is 1.53 bits per heavy atom. The summed E-state index contributed by atoms with van der Waals surface area (Å²) < 4.78 is 0.982. The fraction of sp³-hybridized carbons (Fsp3) is 0.545. The van der Waals surface area contributed by atoms with Crippen molar-refractivity contribution in [2.24, 2.45) is 0 Å². The van der Waals surface area contributed by atoms with Crippen LogP contribution in [0.2, 0.25) is 0 Å². The molecule has 1 aromatic rings. The predicted molar refractivity (Wildman–Crippen MR) is 66.1 cm³/mol. The minimum absolute atomic E-state index is 0.155. The van der Waals surface area contributed by atoms with Gasteiger partial charge < -0.3 is 10.4 Å². The number of nitrogens with zero attached hydrogens (tertiary/aromatic N) is 1. The van der Waals surface area contributed by atoms with Crippen molar-refractivity contribution < 1.29 is 5.11 Å². The smallest absolute Gasteiger partial charge is 0.140 e. The molecule has 1 rings (SSSR count). The molecule has 0 amide bonds. The molecule has 0 bridgehead atoms. The summed E-state index contributed by atoms with van der Waals surface area (Å²) in [4.78, 5) is 4.27. The van der Waals surface area contributed by atoms with Gasteiger partial charge in [0.05, 0.1) is 4.47 Å². The summed E-state index contributed by atoms with van der Waals surface area (Å²) in [6.07, 6.45) is 2.46. The average Bonchev–Trinajstić information content (AvgIpc) is 2.12. The highest BCUT2D eigenvalue weighted by molar-refractivity contribution is 9.10. The van der Waals surface area contributed by atoms with Gasteiger partial charge >= 0.3 is 0 Å². The largest absolute Gasteiger partial charge is 0.396 e. The summed E-state index contributed by atoms with van der Waals surface area (Å²) in [7, 11) is 0. The molecule has 2 N–H and O–H groups in total. The third-order valence-corrected chi connectivity index (χ3v) is 3.28. The standard InChI is InChI=1S/C11H17BrN2O/c1-8-4-6-13-10(9(8)12)14-11(2,3)5-7-15/h4,6,15H,5,7H2,1-3H3,(H,13,14). The van der Waals surface area contributed by atoms with Crippen molar-refractivity contribution in [3.8, 4) is 0 Å². The normalized spacial score (nSPS) is 11.5. The number of hydrogen-bond acceptors (Lipinski definition) is 3. The summed E-state index contributed by atoms with van der Waals surface area (Å²) in [5.74, 6) is 0.827. The number of pyridine rings is 1. The molecule has 0 spiro atoms. The fourth-order valence-electron chi connectivity index (χ4n) is 1.29. The van der Waals surface area contributed by atoms with Gasteiger partial charge in [-0.05, 0) is 54.8 Å². The topological polar surface area (TPSA) is 45.2 Å². The Bertz CT molecular complexity index is 339. The van der Waals surface area contributed by atoms with Crippen molar-refractivity contribution in [2.75, 3.05) is 11.9 Å². The maximum absolute atomic E-state index is 8.93. The van der Waals surface area contributed by atoms with Gasteiger partial charge in [-0.2, -0.15) is 0 Å². The summed E-state index contributed by atoms with van der Waals surface area (Å²) in [5.41, 5.74) is 0.991. The number of aryl methyl sites for hydroxylation is 1. The monoisotopic (exact) mass is 272 g/mol. The fourth-order valence-corrected chi connectivity index (χ4v) is 1.62. The highest BCUT2D eigenvalue weighted by atomic mass is 79.9. The van der Waals surface area contributed by atoms with Crippen LogP contribution in [-0.4, -0.2) is 22.2 Å². The van der Waals surface area contributed by atoms with Gasteiger partial charge in [0.1, 0.15) is 5.82 Å². The molecule has 0 saturated heterocycles. The summed E-state index contributed by atoms with van der Waals surface area (Å²) in [6.45, 7) is 6.28. The minimum atomic E-state index is -0.155. The van der Waals surface area contributed by atoms with Crippen molar-refractivity contribution in [1.82, 2.24) is 4.98 Å². The SMILES string of the molecule is Cc1ccnc(NC(C)(C)CCO)c1Br. The highest BCUT2D eigenvalue weighted by Gasteiger charge is 2.18. The van der Waals surface area contributed by atoms with E-state index in [1.807, 2.05) is 26.8 Å². The molecule has 0 aliphatic heterocycles. The first-order chi connectivity index (χ1) is 6.96. The van der Waals surface area contributed by atoms with Crippen molar-refractivity contribution in [3.05, 3.63) is 22.3 Å². The maximum atomic E-state index is 8.93. The lowest BCUT2D eigenvalue weighted by molar-refractivity contribution is 0.260. The maximum Gasteiger partial charge on any atom is 0.140 e. The number of nitrogens with one attached hydrogen (secondary N) is 1. The first kappa shape index (κ1) is 12.5. The van der Waals surface area contributed by atoms with E-state index in [0.29, 0.717) is 6.42 Å². The average molecular weight is 273 g/mol. The van der Waals surface area contributed by atoms with Crippen molar-refractivity contribution in [2.45, 2.75) is 32.7 Å². The quantitative estimate of drug-likeness (QED) is 0.886. The van der Waals surface area contributed by atoms with Crippen LogP contribution >= 0.6 is 15.9 Å². The van der Waals surface area contributed by atoms with E-state index in [0.717, 1.165) is 15.9 Å². The van der Waals surface area contributed by atoms with Gasteiger partial charge in [0, 0.05) is 18.3 Å². The number of aromatic nitrogens is 1. The van der Waals surface area contributed by atoms with Gasteiger partial charge in [-0.1, -0.05) is 0 Å². The Kier molecular flexibility index (Phi) is 4.11. The van der Waals surface area contributed by atoms with Crippen LogP contribution in [0.15, 0.2) is 16.7 Å². The third-order valence-electron chi connectivity index (χ3n) is 2.28. The molecule has 0 aliphatic carbocycles. The highest BCUT2D eigenvalue weighted by Crippen LogP contribution is 2.26. The summed E-state index contributed by atoms with van der Waals surface area (Å²) in [5, 5.41) is 12.2. The Morgan fingerprint density at radius 3 is 2.80 bits per heavy atom. The Balaban J connectivity index is 2.85. The predicted octanol–water partition coefficient (Wildman–Crippen LogP) is 2.73. The lowest BCUT2D eigenvalue weighted by Crippen LogP contribution is -2.32. The number of halogens is 1. The van der Waals surface area contributed by atoms with E-state index in [2.05, 4.69) is 26.2 Å².